The van der Waals surface area contributed by atoms with Gasteiger partial charge in [-0.25, -0.2) is 13.2 Å². The third-order valence-corrected chi connectivity index (χ3v) is 3.38. The van der Waals surface area contributed by atoms with Crippen molar-refractivity contribution in [2.75, 3.05) is 0 Å². The van der Waals surface area contributed by atoms with Crippen molar-refractivity contribution in [3.8, 4) is 0 Å². The second-order valence-corrected chi connectivity index (χ2v) is 4.68. The van der Waals surface area contributed by atoms with E-state index in [4.69, 9.17) is 5.11 Å². The number of hydrogen-bond donors (Lipinski definition) is 1. The first-order chi connectivity index (χ1) is 8.60. The highest BCUT2D eigenvalue weighted by Gasteiger charge is 2.10. The first kappa shape index (κ1) is 13.0. The lowest BCUT2D eigenvalue weighted by molar-refractivity contribution is 0.281. The number of aliphatic hydroxyl groups excluding tert-OH is 1. The molecule has 18 heavy (non-hydrogen) atoms. The summed E-state index contributed by atoms with van der Waals surface area (Å²) in [7, 11) is 0. The SMILES string of the molecule is OCc1ccc(Sc2cc(F)ccc2F)c(F)c1. The summed E-state index contributed by atoms with van der Waals surface area (Å²) in [6.07, 6.45) is 0. The summed E-state index contributed by atoms with van der Waals surface area (Å²) in [5.74, 6) is -1.76. The topological polar surface area (TPSA) is 20.2 Å². The average Bonchev–Trinajstić information content (AvgIpc) is 2.36. The van der Waals surface area contributed by atoms with Gasteiger partial charge < -0.3 is 5.11 Å². The number of hydrogen-bond acceptors (Lipinski definition) is 2. The molecule has 0 saturated carbocycles. The molecule has 0 fully saturated rings. The summed E-state index contributed by atoms with van der Waals surface area (Å²) in [6.45, 7) is -0.268. The third-order valence-electron chi connectivity index (χ3n) is 2.29. The van der Waals surface area contributed by atoms with Crippen molar-refractivity contribution < 1.29 is 18.3 Å². The van der Waals surface area contributed by atoms with Crippen molar-refractivity contribution in [2.45, 2.75) is 16.4 Å². The molecule has 2 aromatic rings. The van der Waals surface area contributed by atoms with E-state index in [1.54, 1.807) is 0 Å². The summed E-state index contributed by atoms with van der Waals surface area (Å²) >= 11 is 0.803. The van der Waals surface area contributed by atoms with Gasteiger partial charge in [-0.1, -0.05) is 17.8 Å². The van der Waals surface area contributed by atoms with Crippen molar-refractivity contribution in [3.63, 3.8) is 0 Å². The molecule has 2 rings (SSSR count). The lowest BCUT2D eigenvalue weighted by Gasteiger charge is -2.06. The van der Waals surface area contributed by atoms with E-state index in [-0.39, 0.29) is 16.4 Å². The number of aliphatic hydroxyl groups is 1. The molecule has 1 N–H and O–H groups in total. The molecule has 2 aromatic carbocycles. The zero-order valence-corrected chi connectivity index (χ0v) is 9.98. The fourth-order valence-corrected chi connectivity index (χ4v) is 2.27. The van der Waals surface area contributed by atoms with Gasteiger partial charge in [-0.2, -0.15) is 0 Å². The average molecular weight is 270 g/mol. The number of benzene rings is 2. The Kier molecular flexibility index (Phi) is 3.93. The maximum atomic E-state index is 13.6. The van der Waals surface area contributed by atoms with Crippen LogP contribution in [0.1, 0.15) is 5.56 Å². The molecule has 94 valence electrons. The normalized spacial score (nSPS) is 10.7. The molecule has 5 heteroatoms. The van der Waals surface area contributed by atoms with Crippen LogP contribution in [0.2, 0.25) is 0 Å². The molecule has 0 amide bonds. The molecule has 0 radical (unpaired) electrons. The van der Waals surface area contributed by atoms with Crippen LogP contribution in [0, 0.1) is 17.5 Å². The van der Waals surface area contributed by atoms with Crippen LogP contribution in [-0.2, 0) is 6.61 Å². The second kappa shape index (κ2) is 5.46. The quantitative estimate of drug-likeness (QED) is 0.916. The van der Waals surface area contributed by atoms with Gasteiger partial charge in [-0.15, -0.1) is 0 Å². The van der Waals surface area contributed by atoms with Crippen LogP contribution >= 0.6 is 11.8 Å². The van der Waals surface area contributed by atoms with Gasteiger partial charge in [-0.3, -0.25) is 0 Å². The maximum absolute atomic E-state index is 13.6. The van der Waals surface area contributed by atoms with Crippen LogP contribution in [0.25, 0.3) is 0 Å². The maximum Gasteiger partial charge on any atom is 0.137 e. The first-order valence-corrected chi connectivity index (χ1v) is 5.94. The third kappa shape index (κ3) is 2.86. The molecule has 0 aromatic heterocycles. The van der Waals surface area contributed by atoms with E-state index >= 15 is 0 Å². The lowest BCUT2D eigenvalue weighted by Crippen LogP contribution is -1.89. The smallest absolute Gasteiger partial charge is 0.137 e. The summed E-state index contributed by atoms with van der Waals surface area (Å²) < 4.78 is 40.0. The second-order valence-electron chi connectivity index (χ2n) is 3.60. The Balaban J connectivity index is 2.31. The van der Waals surface area contributed by atoms with Crippen LogP contribution < -0.4 is 0 Å². The molecule has 0 bridgehead atoms. The fourth-order valence-electron chi connectivity index (χ4n) is 1.40. The lowest BCUT2D eigenvalue weighted by atomic mass is 10.2. The minimum absolute atomic E-state index is 0.0191. The van der Waals surface area contributed by atoms with Crippen molar-refractivity contribution in [3.05, 3.63) is 59.4 Å². The molecular weight excluding hydrogens is 261 g/mol. The first-order valence-electron chi connectivity index (χ1n) is 5.12. The standard InChI is InChI=1S/C13H9F3OS/c14-9-2-3-10(15)13(6-9)18-12-4-1-8(7-17)5-11(12)16/h1-6,17H,7H2. The molecule has 0 aliphatic carbocycles. The Morgan fingerprint density at radius 1 is 0.889 bits per heavy atom. The summed E-state index contributed by atoms with van der Waals surface area (Å²) in [6, 6.07) is 7.14. The van der Waals surface area contributed by atoms with E-state index in [0.717, 1.165) is 30.0 Å². The highest BCUT2D eigenvalue weighted by atomic mass is 32.2. The molecule has 1 nitrogen and oxygen atoms in total. The van der Waals surface area contributed by atoms with Crippen molar-refractivity contribution in [1.82, 2.24) is 0 Å². The van der Waals surface area contributed by atoms with E-state index in [1.165, 1.54) is 18.2 Å². The monoisotopic (exact) mass is 270 g/mol. The van der Waals surface area contributed by atoms with E-state index < -0.39 is 17.5 Å². The van der Waals surface area contributed by atoms with Crippen LogP contribution in [0.15, 0.2) is 46.2 Å². The highest BCUT2D eigenvalue weighted by Crippen LogP contribution is 2.32. The predicted octanol–water partition coefficient (Wildman–Crippen LogP) is 3.75. The summed E-state index contributed by atoms with van der Waals surface area (Å²) in [4.78, 5) is 0.197. The molecule has 0 atom stereocenters. The van der Waals surface area contributed by atoms with Gasteiger partial charge in [0.05, 0.1) is 11.5 Å². The fraction of sp³-hybridized carbons (Fsp3) is 0.0769. The van der Waals surface area contributed by atoms with Gasteiger partial charge in [-0.05, 0) is 35.9 Å². The van der Waals surface area contributed by atoms with E-state index in [1.807, 2.05) is 0 Å². The Morgan fingerprint density at radius 3 is 2.33 bits per heavy atom. The zero-order chi connectivity index (χ0) is 13.1. The minimum atomic E-state index is -0.605. The van der Waals surface area contributed by atoms with Crippen molar-refractivity contribution >= 4 is 11.8 Å². The largest absolute Gasteiger partial charge is 0.392 e. The van der Waals surface area contributed by atoms with E-state index in [2.05, 4.69) is 0 Å². The zero-order valence-electron chi connectivity index (χ0n) is 9.16. The predicted molar refractivity (Wildman–Crippen MR) is 62.8 cm³/mol. The van der Waals surface area contributed by atoms with Gasteiger partial charge in [0.2, 0.25) is 0 Å². The van der Waals surface area contributed by atoms with E-state index in [9.17, 15) is 13.2 Å². The van der Waals surface area contributed by atoms with E-state index in [0.29, 0.717) is 5.56 Å². The van der Waals surface area contributed by atoms with Gasteiger partial charge >= 0.3 is 0 Å². The summed E-state index contributed by atoms with van der Waals surface area (Å²) in [5.41, 5.74) is 0.427. The molecular formula is C13H9F3OS. The molecule has 0 heterocycles. The Bertz CT molecular complexity index is 572. The molecule has 0 aliphatic heterocycles. The van der Waals surface area contributed by atoms with Gasteiger partial charge in [0.25, 0.3) is 0 Å². The highest BCUT2D eigenvalue weighted by molar-refractivity contribution is 7.99. The summed E-state index contributed by atoms with van der Waals surface area (Å²) in [5, 5.41) is 8.84. The molecule has 0 unspecified atom stereocenters. The van der Waals surface area contributed by atoms with Gasteiger partial charge in [0.1, 0.15) is 17.5 Å². The Morgan fingerprint density at radius 2 is 1.67 bits per heavy atom. The van der Waals surface area contributed by atoms with Crippen LogP contribution in [0.3, 0.4) is 0 Å². The molecule has 0 aliphatic rings. The minimum Gasteiger partial charge on any atom is -0.392 e. The molecule has 0 saturated heterocycles. The van der Waals surface area contributed by atoms with Crippen LogP contribution in [0.5, 0.6) is 0 Å². The number of rotatable bonds is 3. The van der Waals surface area contributed by atoms with Crippen molar-refractivity contribution in [2.24, 2.45) is 0 Å². The van der Waals surface area contributed by atoms with Gasteiger partial charge in [0, 0.05) is 4.90 Å². The van der Waals surface area contributed by atoms with Crippen molar-refractivity contribution in [1.29, 1.82) is 0 Å². The van der Waals surface area contributed by atoms with Gasteiger partial charge in [0.15, 0.2) is 0 Å². The Labute approximate surface area is 106 Å². The molecule has 0 spiro atoms. The Hall–Kier alpha value is -1.46. The van der Waals surface area contributed by atoms with Crippen LogP contribution in [0.4, 0.5) is 13.2 Å². The van der Waals surface area contributed by atoms with Crippen LogP contribution in [-0.4, -0.2) is 5.11 Å². The number of halogens is 3.